The fourth-order valence-electron chi connectivity index (χ4n) is 2.56. The van der Waals surface area contributed by atoms with Gasteiger partial charge in [0.15, 0.2) is 0 Å². The average Bonchev–Trinajstić information content (AvgIpc) is 3.34. The number of nitrogens with zero attached hydrogens (tertiary/aromatic N) is 2. The van der Waals surface area contributed by atoms with E-state index in [4.69, 9.17) is 4.74 Å². The first-order valence-corrected chi connectivity index (χ1v) is 8.13. The van der Waals surface area contributed by atoms with E-state index in [1.807, 2.05) is 11.8 Å². The standard InChI is InChI=1S/C15H28N4O3/c1-12(15(21)17-13-3-4-13)18-6-8-19(9-7-18)14(20)11-16-5-10-22-2/h12-13,16H,3-11H2,1-2H3,(H,17,21). The number of methoxy groups -OCH3 is 1. The van der Waals surface area contributed by atoms with Crippen molar-refractivity contribution in [1.29, 1.82) is 0 Å². The van der Waals surface area contributed by atoms with Crippen LogP contribution < -0.4 is 10.6 Å². The number of carbonyl (C=O) groups is 2. The lowest BCUT2D eigenvalue weighted by Crippen LogP contribution is -2.56. The van der Waals surface area contributed by atoms with E-state index >= 15 is 0 Å². The summed E-state index contributed by atoms with van der Waals surface area (Å²) in [5, 5.41) is 6.11. The second-order valence-corrected chi connectivity index (χ2v) is 6.05. The first-order chi connectivity index (χ1) is 10.6. The molecule has 2 fully saturated rings. The molecule has 2 N–H and O–H groups in total. The minimum atomic E-state index is -0.113. The first-order valence-electron chi connectivity index (χ1n) is 8.13. The van der Waals surface area contributed by atoms with Gasteiger partial charge in [0, 0.05) is 45.9 Å². The van der Waals surface area contributed by atoms with E-state index in [1.54, 1.807) is 7.11 Å². The van der Waals surface area contributed by atoms with Crippen LogP contribution in [0.25, 0.3) is 0 Å². The summed E-state index contributed by atoms with van der Waals surface area (Å²) in [5.41, 5.74) is 0. The zero-order valence-corrected chi connectivity index (χ0v) is 13.6. The number of carbonyl (C=O) groups excluding carboxylic acids is 2. The minimum absolute atomic E-state index is 0.113. The van der Waals surface area contributed by atoms with Crippen LogP contribution in [0.1, 0.15) is 19.8 Å². The molecule has 1 atom stereocenters. The van der Waals surface area contributed by atoms with E-state index < -0.39 is 0 Å². The Kier molecular flexibility index (Phi) is 6.60. The molecule has 0 aromatic heterocycles. The van der Waals surface area contributed by atoms with Crippen LogP contribution in [0.4, 0.5) is 0 Å². The summed E-state index contributed by atoms with van der Waals surface area (Å²) in [6.07, 6.45) is 2.22. The van der Waals surface area contributed by atoms with Gasteiger partial charge in [-0.3, -0.25) is 14.5 Å². The van der Waals surface area contributed by atoms with Gasteiger partial charge in [-0.15, -0.1) is 0 Å². The molecule has 0 radical (unpaired) electrons. The third-order valence-corrected chi connectivity index (χ3v) is 4.28. The summed E-state index contributed by atoms with van der Waals surface area (Å²) in [7, 11) is 1.64. The Hall–Kier alpha value is -1.18. The monoisotopic (exact) mass is 312 g/mol. The lowest BCUT2D eigenvalue weighted by atomic mass is 10.2. The van der Waals surface area contributed by atoms with Gasteiger partial charge < -0.3 is 20.3 Å². The molecule has 0 spiro atoms. The Morgan fingerprint density at radius 3 is 2.50 bits per heavy atom. The molecule has 0 aromatic rings. The number of rotatable bonds is 8. The van der Waals surface area contributed by atoms with Gasteiger partial charge in [0.05, 0.1) is 19.2 Å². The van der Waals surface area contributed by atoms with Crippen LogP contribution in [-0.2, 0) is 14.3 Å². The maximum atomic E-state index is 12.1. The van der Waals surface area contributed by atoms with E-state index in [0.29, 0.717) is 38.8 Å². The van der Waals surface area contributed by atoms with Crippen LogP contribution in [0.3, 0.4) is 0 Å². The Labute approximate surface area is 132 Å². The van der Waals surface area contributed by atoms with Crippen LogP contribution in [-0.4, -0.2) is 86.7 Å². The average molecular weight is 312 g/mol. The number of piperazine rings is 1. The largest absolute Gasteiger partial charge is 0.383 e. The molecule has 0 bridgehead atoms. The molecule has 7 heteroatoms. The van der Waals surface area contributed by atoms with Crippen LogP contribution in [0.15, 0.2) is 0 Å². The molecule has 1 aliphatic heterocycles. The van der Waals surface area contributed by atoms with Crippen molar-refractivity contribution >= 4 is 11.8 Å². The molecular formula is C15H28N4O3. The van der Waals surface area contributed by atoms with E-state index in [9.17, 15) is 9.59 Å². The van der Waals surface area contributed by atoms with Crippen molar-refractivity contribution in [3.8, 4) is 0 Å². The van der Waals surface area contributed by atoms with Crippen LogP contribution in [0.2, 0.25) is 0 Å². The Bertz CT molecular complexity index is 379. The zero-order chi connectivity index (χ0) is 15.9. The Morgan fingerprint density at radius 1 is 1.23 bits per heavy atom. The molecule has 1 saturated heterocycles. The van der Waals surface area contributed by atoms with Gasteiger partial charge in [0.1, 0.15) is 0 Å². The van der Waals surface area contributed by atoms with Crippen molar-refractivity contribution in [2.24, 2.45) is 0 Å². The normalized spacial score (nSPS) is 20.7. The molecule has 2 aliphatic rings. The van der Waals surface area contributed by atoms with Crippen molar-refractivity contribution in [1.82, 2.24) is 20.4 Å². The third kappa shape index (κ3) is 5.23. The predicted molar refractivity (Wildman–Crippen MR) is 83.5 cm³/mol. The van der Waals surface area contributed by atoms with Gasteiger partial charge in [-0.05, 0) is 19.8 Å². The maximum absolute atomic E-state index is 12.1. The molecular weight excluding hydrogens is 284 g/mol. The summed E-state index contributed by atoms with van der Waals surface area (Å²) in [4.78, 5) is 28.1. The molecule has 1 unspecified atom stereocenters. The number of hydrogen-bond acceptors (Lipinski definition) is 5. The molecule has 1 aliphatic carbocycles. The second-order valence-electron chi connectivity index (χ2n) is 6.05. The van der Waals surface area contributed by atoms with Gasteiger partial charge in [-0.1, -0.05) is 0 Å². The molecule has 126 valence electrons. The fraction of sp³-hybridized carbons (Fsp3) is 0.867. The van der Waals surface area contributed by atoms with Gasteiger partial charge in [0.2, 0.25) is 11.8 Å². The Morgan fingerprint density at radius 2 is 1.91 bits per heavy atom. The van der Waals surface area contributed by atoms with Gasteiger partial charge in [-0.2, -0.15) is 0 Å². The van der Waals surface area contributed by atoms with Crippen molar-refractivity contribution in [2.45, 2.75) is 31.8 Å². The molecule has 1 heterocycles. The predicted octanol–water partition coefficient (Wildman–Crippen LogP) is -0.966. The smallest absolute Gasteiger partial charge is 0.237 e. The minimum Gasteiger partial charge on any atom is -0.383 e. The highest BCUT2D eigenvalue weighted by Gasteiger charge is 2.30. The summed E-state index contributed by atoms with van der Waals surface area (Å²) in [5.74, 6) is 0.231. The number of hydrogen-bond donors (Lipinski definition) is 2. The highest BCUT2D eigenvalue weighted by atomic mass is 16.5. The highest BCUT2D eigenvalue weighted by Crippen LogP contribution is 2.19. The third-order valence-electron chi connectivity index (χ3n) is 4.28. The number of ether oxygens (including phenoxy) is 1. The van der Waals surface area contributed by atoms with E-state index in [1.165, 1.54) is 0 Å². The zero-order valence-electron chi connectivity index (χ0n) is 13.6. The SMILES string of the molecule is COCCNCC(=O)N1CCN(C(C)C(=O)NC2CC2)CC1. The van der Waals surface area contributed by atoms with Crippen LogP contribution >= 0.6 is 0 Å². The first kappa shape index (κ1) is 17.2. The summed E-state index contributed by atoms with van der Waals surface area (Å²) in [6.45, 7) is 6.46. The van der Waals surface area contributed by atoms with Crippen molar-refractivity contribution in [3.63, 3.8) is 0 Å². The summed E-state index contributed by atoms with van der Waals surface area (Å²) in [6, 6.07) is 0.286. The maximum Gasteiger partial charge on any atom is 0.237 e. The van der Waals surface area contributed by atoms with Crippen molar-refractivity contribution in [3.05, 3.63) is 0 Å². The van der Waals surface area contributed by atoms with Gasteiger partial charge >= 0.3 is 0 Å². The second kappa shape index (κ2) is 8.45. The lowest BCUT2D eigenvalue weighted by Gasteiger charge is -2.37. The summed E-state index contributed by atoms with van der Waals surface area (Å²) < 4.78 is 4.93. The quantitative estimate of drug-likeness (QED) is 0.565. The fourth-order valence-corrected chi connectivity index (χ4v) is 2.56. The van der Waals surface area contributed by atoms with E-state index in [2.05, 4.69) is 15.5 Å². The molecule has 1 saturated carbocycles. The van der Waals surface area contributed by atoms with Crippen LogP contribution in [0, 0.1) is 0 Å². The van der Waals surface area contributed by atoms with E-state index in [0.717, 1.165) is 25.9 Å². The van der Waals surface area contributed by atoms with Gasteiger partial charge in [-0.25, -0.2) is 0 Å². The number of amides is 2. The van der Waals surface area contributed by atoms with Gasteiger partial charge in [0.25, 0.3) is 0 Å². The Balaban J connectivity index is 1.65. The molecule has 7 nitrogen and oxygen atoms in total. The molecule has 22 heavy (non-hydrogen) atoms. The molecule has 0 aromatic carbocycles. The lowest BCUT2D eigenvalue weighted by molar-refractivity contribution is -0.133. The number of nitrogens with one attached hydrogen (secondary N) is 2. The van der Waals surface area contributed by atoms with E-state index in [-0.39, 0.29) is 17.9 Å². The molecule has 2 rings (SSSR count). The summed E-state index contributed by atoms with van der Waals surface area (Å²) >= 11 is 0. The highest BCUT2D eigenvalue weighted by molar-refractivity contribution is 5.82. The molecule has 2 amide bonds. The van der Waals surface area contributed by atoms with Crippen LogP contribution in [0.5, 0.6) is 0 Å². The van der Waals surface area contributed by atoms with Crippen molar-refractivity contribution < 1.29 is 14.3 Å². The topological polar surface area (TPSA) is 73.9 Å². The van der Waals surface area contributed by atoms with Crippen molar-refractivity contribution in [2.75, 3.05) is 53.0 Å².